The highest BCUT2D eigenvalue weighted by molar-refractivity contribution is 7.17. The molecule has 0 unspecified atom stereocenters. The van der Waals surface area contributed by atoms with Crippen molar-refractivity contribution in [3.8, 4) is 11.3 Å². The lowest BCUT2D eigenvalue weighted by Gasteiger charge is -2.34. The van der Waals surface area contributed by atoms with Gasteiger partial charge in [-0.05, 0) is 24.1 Å². The van der Waals surface area contributed by atoms with Gasteiger partial charge in [-0.3, -0.25) is 4.79 Å². The second-order valence-corrected chi connectivity index (χ2v) is 8.52. The number of carbonyl (C=O) groups excluding carboxylic acids is 1. The Hall–Kier alpha value is -2.57. The lowest BCUT2D eigenvalue weighted by Crippen LogP contribution is -2.34. The molecule has 1 saturated heterocycles. The van der Waals surface area contributed by atoms with E-state index in [2.05, 4.69) is 28.8 Å². The molecule has 0 atom stereocenters. The topological polar surface area (TPSA) is 49.6 Å². The summed E-state index contributed by atoms with van der Waals surface area (Å²) in [7, 11) is 1.73. The van der Waals surface area contributed by atoms with E-state index in [1.54, 1.807) is 24.1 Å². The molecule has 0 N–H and O–H groups in total. The Kier molecular flexibility index (Phi) is 5.24. The number of hydrogen-bond donors (Lipinski definition) is 0. The maximum Gasteiger partial charge on any atom is 0.264 e. The maximum atomic E-state index is 12.4. The molecule has 0 spiro atoms. The molecule has 1 aromatic carbocycles. The fourth-order valence-electron chi connectivity index (χ4n) is 3.05. The summed E-state index contributed by atoms with van der Waals surface area (Å²) in [5, 5.41) is 4.15. The minimum absolute atomic E-state index is 0.0938. The van der Waals surface area contributed by atoms with Crippen LogP contribution in [0, 0.1) is 0 Å². The van der Waals surface area contributed by atoms with E-state index in [1.807, 2.05) is 18.2 Å². The number of amides is 1. The molecule has 1 aliphatic heterocycles. The number of carbonyl (C=O) groups is 1. The van der Waals surface area contributed by atoms with Gasteiger partial charge in [-0.1, -0.05) is 47.6 Å². The number of rotatable bonds is 6. The third-order valence-corrected chi connectivity index (χ3v) is 6.05. The molecule has 4 rings (SSSR count). The average Bonchev–Trinajstić information content (AvgIpc) is 3.29. The van der Waals surface area contributed by atoms with E-state index in [0.717, 1.165) is 35.6 Å². The number of aromatic nitrogens is 1. The summed E-state index contributed by atoms with van der Waals surface area (Å²) in [6.45, 7) is 6.68. The molecule has 7 heteroatoms. The molecule has 0 radical (unpaired) electrons. The van der Waals surface area contributed by atoms with Gasteiger partial charge in [0.25, 0.3) is 5.91 Å². The van der Waals surface area contributed by atoms with Crippen molar-refractivity contribution in [3.63, 3.8) is 0 Å². The number of thiophene rings is 1. The second kappa shape index (κ2) is 7.81. The molecule has 0 saturated carbocycles. The zero-order valence-corrected chi connectivity index (χ0v) is 17.1. The minimum Gasteiger partial charge on any atom is -0.371 e. The van der Waals surface area contributed by atoms with Gasteiger partial charge < -0.3 is 14.3 Å². The quantitative estimate of drug-likeness (QED) is 0.570. The largest absolute Gasteiger partial charge is 0.371 e. The number of nitrogens with zero attached hydrogens (tertiary/aromatic N) is 3. The highest BCUT2D eigenvalue weighted by atomic mass is 35.5. The van der Waals surface area contributed by atoms with Crippen molar-refractivity contribution in [2.75, 3.05) is 20.1 Å². The van der Waals surface area contributed by atoms with Crippen molar-refractivity contribution in [1.82, 2.24) is 15.0 Å². The van der Waals surface area contributed by atoms with Crippen LogP contribution in [0.2, 0.25) is 4.34 Å². The van der Waals surface area contributed by atoms with E-state index in [-0.39, 0.29) is 5.91 Å². The minimum atomic E-state index is -0.0938. The van der Waals surface area contributed by atoms with Crippen LogP contribution in [-0.2, 0) is 6.54 Å². The van der Waals surface area contributed by atoms with Crippen molar-refractivity contribution in [1.29, 1.82) is 0 Å². The van der Waals surface area contributed by atoms with Gasteiger partial charge in [0.2, 0.25) is 0 Å². The predicted molar refractivity (Wildman–Crippen MR) is 112 cm³/mol. The van der Waals surface area contributed by atoms with Crippen molar-refractivity contribution in [3.05, 3.63) is 69.6 Å². The number of benzene rings is 1. The van der Waals surface area contributed by atoms with Crippen LogP contribution in [0.25, 0.3) is 17.0 Å². The van der Waals surface area contributed by atoms with Gasteiger partial charge in [0, 0.05) is 37.5 Å². The molecule has 3 heterocycles. The first-order chi connectivity index (χ1) is 13.5. The summed E-state index contributed by atoms with van der Waals surface area (Å²) in [4.78, 5) is 16.9. The molecule has 1 fully saturated rings. The van der Waals surface area contributed by atoms with Gasteiger partial charge in [-0.2, -0.15) is 0 Å². The summed E-state index contributed by atoms with van der Waals surface area (Å²) >= 11 is 7.18. The van der Waals surface area contributed by atoms with Crippen molar-refractivity contribution in [2.45, 2.75) is 13.0 Å². The van der Waals surface area contributed by atoms with Gasteiger partial charge in [0.1, 0.15) is 5.69 Å². The average molecular weight is 414 g/mol. The lowest BCUT2D eigenvalue weighted by atomic mass is 10.0. The highest BCUT2D eigenvalue weighted by Gasteiger charge is 2.18. The summed E-state index contributed by atoms with van der Waals surface area (Å²) in [6.07, 6.45) is 1.23. The lowest BCUT2D eigenvalue weighted by molar-refractivity contribution is 0.0777. The third-order valence-electron chi connectivity index (χ3n) is 4.83. The van der Waals surface area contributed by atoms with Crippen molar-refractivity contribution in [2.24, 2.45) is 0 Å². The third kappa shape index (κ3) is 3.84. The molecule has 1 amide bonds. The van der Waals surface area contributed by atoms with E-state index in [4.69, 9.17) is 16.1 Å². The molecular formula is C21H20ClN3O2S. The first-order valence-electron chi connectivity index (χ1n) is 9.02. The maximum absolute atomic E-state index is 12.4. The van der Waals surface area contributed by atoms with Gasteiger partial charge in [0.15, 0.2) is 5.76 Å². The summed E-state index contributed by atoms with van der Waals surface area (Å²) < 4.78 is 6.03. The molecular weight excluding hydrogens is 394 g/mol. The van der Waals surface area contributed by atoms with E-state index >= 15 is 0 Å². The van der Waals surface area contributed by atoms with Crippen LogP contribution in [0.4, 0.5) is 0 Å². The number of likely N-dealkylation sites (tertiary alicyclic amines) is 1. The Morgan fingerprint density at radius 1 is 1.29 bits per heavy atom. The monoisotopic (exact) mass is 413 g/mol. The molecule has 2 aromatic heterocycles. The van der Waals surface area contributed by atoms with Crippen LogP contribution in [-0.4, -0.2) is 41.0 Å². The molecule has 3 aromatic rings. The normalized spacial score (nSPS) is 13.3. The Morgan fingerprint density at radius 2 is 2.04 bits per heavy atom. The second-order valence-electron chi connectivity index (χ2n) is 6.81. The SMILES string of the molecule is C=C(c1ccc(-c2cc(CN(C)C(=O)c3ccc(Cl)s3)on2)cc1)N1CCC1. The zero-order valence-electron chi connectivity index (χ0n) is 15.5. The van der Waals surface area contributed by atoms with Gasteiger partial charge >= 0.3 is 0 Å². The molecule has 144 valence electrons. The summed E-state index contributed by atoms with van der Waals surface area (Å²) in [5.41, 5.74) is 3.89. The van der Waals surface area contributed by atoms with Crippen LogP contribution >= 0.6 is 22.9 Å². The number of hydrogen-bond acceptors (Lipinski definition) is 5. The van der Waals surface area contributed by atoms with Gasteiger partial charge in [-0.15, -0.1) is 11.3 Å². The smallest absolute Gasteiger partial charge is 0.264 e. The van der Waals surface area contributed by atoms with E-state index < -0.39 is 0 Å². The van der Waals surface area contributed by atoms with Crippen molar-refractivity contribution < 1.29 is 9.32 Å². The van der Waals surface area contributed by atoms with Crippen LogP contribution in [0.15, 0.2) is 53.6 Å². The molecule has 1 aliphatic rings. The van der Waals surface area contributed by atoms with Gasteiger partial charge in [0.05, 0.1) is 15.8 Å². The standard InChI is InChI=1S/C21H20ClN3O2S/c1-14(25-10-3-11-25)15-4-6-16(7-5-15)18-12-17(27-23-18)13-24(2)21(26)19-8-9-20(22)28-19/h4-9,12H,1,3,10-11,13H2,2H3. The Morgan fingerprint density at radius 3 is 2.64 bits per heavy atom. The molecule has 5 nitrogen and oxygen atoms in total. The Labute approximate surface area is 172 Å². The first-order valence-corrected chi connectivity index (χ1v) is 10.2. The van der Waals surface area contributed by atoms with E-state index in [1.165, 1.54) is 17.8 Å². The van der Waals surface area contributed by atoms with Crippen LogP contribution in [0.1, 0.15) is 27.4 Å². The molecule has 0 aliphatic carbocycles. The fraction of sp³-hybridized carbons (Fsp3) is 0.238. The first kappa shape index (κ1) is 18.8. The van der Waals surface area contributed by atoms with E-state index in [0.29, 0.717) is 21.5 Å². The Bertz CT molecular complexity index is 1000. The summed E-state index contributed by atoms with van der Waals surface area (Å²) in [5.74, 6) is 0.534. The van der Waals surface area contributed by atoms with E-state index in [9.17, 15) is 4.79 Å². The van der Waals surface area contributed by atoms with Crippen LogP contribution < -0.4 is 0 Å². The van der Waals surface area contributed by atoms with Crippen LogP contribution in [0.3, 0.4) is 0 Å². The summed E-state index contributed by atoms with van der Waals surface area (Å²) in [6, 6.07) is 13.5. The highest BCUT2D eigenvalue weighted by Crippen LogP contribution is 2.27. The molecule has 28 heavy (non-hydrogen) atoms. The number of halogens is 1. The van der Waals surface area contributed by atoms with Gasteiger partial charge in [-0.25, -0.2) is 0 Å². The van der Waals surface area contributed by atoms with Crippen LogP contribution in [0.5, 0.6) is 0 Å². The molecule has 0 bridgehead atoms. The predicted octanol–water partition coefficient (Wildman–Crippen LogP) is 5.01. The Balaban J connectivity index is 1.42. The zero-order chi connectivity index (χ0) is 19.7. The fourth-order valence-corrected chi connectivity index (χ4v) is 4.09. The van der Waals surface area contributed by atoms with Crippen molar-refractivity contribution >= 4 is 34.5 Å².